The molecule has 82 valence electrons. The largest absolute Gasteiger partial charge is 0.0654 e. The van der Waals surface area contributed by atoms with Crippen molar-refractivity contribution in [1.82, 2.24) is 0 Å². The van der Waals surface area contributed by atoms with Crippen LogP contribution in [0.2, 0.25) is 0 Å². The van der Waals surface area contributed by atoms with Gasteiger partial charge in [-0.15, -0.1) is 0 Å². The molecular formula is C15H22. The van der Waals surface area contributed by atoms with Crippen molar-refractivity contribution in [1.29, 1.82) is 0 Å². The minimum Gasteiger partial charge on any atom is -0.0654 e. The summed E-state index contributed by atoms with van der Waals surface area (Å²) in [6, 6.07) is 10.5. The van der Waals surface area contributed by atoms with Crippen LogP contribution in [0.1, 0.15) is 51.5 Å². The summed E-state index contributed by atoms with van der Waals surface area (Å²) in [5.41, 5.74) is 1.26. The molecule has 0 aliphatic rings. The Morgan fingerprint density at radius 1 is 1.00 bits per heavy atom. The summed E-state index contributed by atoms with van der Waals surface area (Å²) in [7, 11) is 0. The molecule has 0 heteroatoms. The van der Waals surface area contributed by atoms with Gasteiger partial charge in [-0.3, -0.25) is 0 Å². The van der Waals surface area contributed by atoms with Crippen LogP contribution in [0.4, 0.5) is 0 Å². The predicted molar refractivity (Wildman–Crippen MR) is 66.7 cm³/mol. The van der Waals surface area contributed by atoms with Crippen LogP contribution in [0.15, 0.2) is 30.3 Å². The molecule has 1 aromatic carbocycles. The third-order valence-corrected chi connectivity index (χ3v) is 2.69. The van der Waals surface area contributed by atoms with E-state index in [1.165, 1.54) is 37.7 Å². The molecule has 0 fully saturated rings. The second kappa shape index (κ2) is 7.50. The first-order valence-electron chi connectivity index (χ1n) is 6.18. The molecule has 0 heterocycles. The first-order valence-corrected chi connectivity index (χ1v) is 6.18. The van der Waals surface area contributed by atoms with Gasteiger partial charge in [-0.1, -0.05) is 63.4 Å². The number of unbranched alkanes of at least 4 members (excludes halogenated alkanes) is 1. The lowest BCUT2D eigenvalue weighted by atomic mass is 9.90. The van der Waals surface area contributed by atoms with Gasteiger partial charge in [-0.25, -0.2) is 0 Å². The van der Waals surface area contributed by atoms with E-state index in [9.17, 15) is 0 Å². The summed E-state index contributed by atoms with van der Waals surface area (Å²) in [6.45, 7) is 4.51. The van der Waals surface area contributed by atoms with Gasteiger partial charge in [-0.2, -0.15) is 0 Å². The molecule has 0 spiro atoms. The van der Waals surface area contributed by atoms with Gasteiger partial charge in [0, 0.05) is 6.42 Å². The van der Waals surface area contributed by atoms with E-state index in [4.69, 9.17) is 0 Å². The summed E-state index contributed by atoms with van der Waals surface area (Å²) in [5.74, 6) is 0.650. The Hall–Kier alpha value is -0.780. The topological polar surface area (TPSA) is 0 Å². The molecule has 2 radical (unpaired) electrons. The van der Waals surface area contributed by atoms with E-state index in [0.29, 0.717) is 5.92 Å². The fourth-order valence-corrected chi connectivity index (χ4v) is 1.86. The monoisotopic (exact) mass is 202 g/mol. The third-order valence-electron chi connectivity index (χ3n) is 2.69. The van der Waals surface area contributed by atoms with Crippen LogP contribution in [-0.2, 0) is 0 Å². The highest BCUT2D eigenvalue weighted by molar-refractivity contribution is 5.23. The average molecular weight is 202 g/mol. The maximum absolute atomic E-state index is 3.61. The molecule has 0 amide bonds. The predicted octanol–water partition coefficient (Wildman–Crippen LogP) is 4.72. The van der Waals surface area contributed by atoms with Gasteiger partial charge in [0.15, 0.2) is 0 Å². The quantitative estimate of drug-likeness (QED) is 0.600. The summed E-state index contributed by atoms with van der Waals surface area (Å²) in [5, 5.41) is 0. The van der Waals surface area contributed by atoms with Crippen molar-refractivity contribution in [2.45, 2.75) is 46.0 Å². The van der Waals surface area contributed by atoms with Gasteiger partial charge in [-0.05, 0) is 24.3 Å². The Labute approximate surface area is 94.7 Å². The lowest BCUT2D eigenvalue weighted by molar-refractivity contribution is 0.489. The second-order valence-electron chi connectivity index (χ2n) is 4.14. The molecule has 1 aromatic rings. The van der Waals surface area contributed by atoms with Gasteiger partial charge in [0.25, 0.3) is 0 Å². The van der Waals surface area contributed by atoms with Gasteiger partial charge in [0.05, 0.1) is 0 Å². The van der Waals surface area contributed by atoms with E-state index in [-0.39, 0.29) is 0 Å². The Morgan fingerprint density at radius 3 is 2.33 bits per heavy atom. The van der Waals surface area contributed by atoms with Crippen LogP contribution in [0.25, 0.3) is 0 Å². The van der Waals surface area contributed by atoms with E-state index in [2.05, 4.69) is 50.6 Å². The van der Waals surface area contributed by atoms with E-state index < -0.39 is 0 Å². The van der Waals surface area contributed by atoms with Crippen molar-refractivity contribution < 1.29 is 0 Å². The van der Waals surface area contributed by atoms with Crippen LogP contribution < -0.4 is 0 Å². The molecule has 0 saturated carbocycles. The molecule has 0 N–H and O–H groups in total. The Bertz CT molecular complexity index is 237. The fourth-order valence-electron chi connectivity index (χ4n) is 1.86. The first-order chi connectivity index (χ1) is 7.36. The molecule has 0 aromatic heterocycles. The molecule has 0 bridgehead atoms. The van der Waals surface area contributed by atoms with Crippen LogP contribution in [0.5, 0.6) is 0 Å². The SMILES string of the molecule is CCCCC([C]c1ccccc1)CCC. The van der Waals surface area contributed by atoms with Crippen molar-refractivity contribution in [3.8, 4) is 0 Å². The lowest BCUT2D eigenvalue weighted by Crippen LogP contribution is -2.02. The number of benzene rings is 1. The Balaban J connectivity index is 2.43. The van der Waals surface area contributed by atoms with Crippen LogP contribution in [-0.4, -0.2) is 0 Å². The summed E-state index contributed by atoms with van der Waals surface area (Å²) in [4.78, 5) is 0. The molecule has 1 unspecified atom stereocenters. The van der Waals surface area contributed by atoms with E-state index >= 15 is 0 Å². The van der Waals surface area contributed by atoms with Gasteiger partial charge in [0.2, 0.25) is 0 Å². The molecular weight excluding hydrogens is 180 g/mol. The minimum absolute atomic E-state index is 0.650. The molecule has 0 aliphatic heterocycles. The highest BCUT2D eigenvalue weighted by atomic mass is 14.1. The molecule has 1 rings (SSSR count). The molecule has 1 atom stereocenters. The zero-order chi connectivity index (χ0) is 10.9. The zero-order valence-electron chi connectivity index (χ0n) is 10.00. The summed E-state index contributed by atoms with van der Waals surface area (Å²) in [6.07, 6.45) is 10.0. The van der Waals surface area contributed by atoms with Crippen LogP contribution in [0, 0.1) is 12.3 Å². The molecule has 0 nitrogen and oxygen atoms in total. The maximum atomic E-state index is 3.61. The summed E-state index contributed by atoms with van der Waals surface area (Å²) < 4.78 is 0. The highest BCUT2D eigenvalue weighted by Crippen LogP contribution is 2.21. The number of hydrogen-bond acceptors (Lipinski definition) is 0. The van der Waals surface area contributed by atoms with Crippen molar-refractivity contribution >= 4 is 0 Å². The Morgan fingerprint density at radius 2 is 1.73 bits per heavy atom. The second-order valence-corrected chi connectivity index (χ2v) is 4.14. The smallest absolute Gasteiger partial charge is 0.0198 e. The number of hydrogen-bond donors (Lipinski definition) is 0. The van der Waals surface area contributed by atoms with E-state index in [1.54, 1.807) is 0 Å². The molecule has 15 heavy (non-hydrogen) atoms. The molecule has 0 aliphatic carbocycles. The summed E-state index contributed by atoms with van der Waals surface area (Å²) >= 11 is 0. The standard InChI is InChI=1S/C15H22/c1-3-5-10-14(9-4-2)13-15-11-7-6-8-12-15/h6-8,11-12,14H,3-5,9-10H2,1-2H3. The first kappa shape index (κ1) is 12.3. The van der Waals surface area contributed by atoms with Crippen molar-refractivity contribution in [2.75, 3.05) is 0 Å². The third kappa shape index (κ3) is 5.01. The number of rotatable bonds is 7. The van der Waals surface area contributed by atoms with Crippen molar-refractivity contribution in [2.24, 2.45) is 5.92 Å². The average Bonchev–Trinajstić information content (AvgIpc) is 2.28. The lowest BCUT2D eigenvalue weighted by Gasteiger charge is -2.14. The fraction of sp³-hybridized carbons (Fsp3) is 0.533. The van der Waals surface area contributed by atoms with Gasteiger partial charge >= 0.3 is 0 Å². The van der Waals surface area contributed by atoms with Crippen LogP contribution >= 0.6 is 0 Å². The van der Waals surface area contributed by atoms with Crippen molar-refractivity contribution in [3.05, 3.63) is 42.3 Å². The Kier molecular flexibility index (Phi) is 6.15. The van der Waals surface area contributed by atoms with Gasteiger partial charge in [0.1, 0.15) is 0 Å². The van der Waals surface area contributed by atoms with E-state index in [1.807, 2.05) is 0 Å². The van der Waals surface area contributed by atoms with Crippen LogP contribution in [0.3, 0.4) is 0 Å². The highest BCUT2D eigenvalue weighted by Gasteiger charge is 2.08. The minimum atomic E-state index is 0.650. The van der Waals surface area contributed by atoms with Crippen molar-refractivity contribution in [3.63, 3.8) is 0 Å². The molecule has 0 saturated heterocycles. The van der Waals surface area contributed by atoms with Gasteiger partial charge < -0.3 is 0 Å². The zero-order valence-corrected chi connectivity index (χ0v) is 10.00. The normalized spacial score (nSPS) is 12.7. The van der Waals surface area contributed by atoms with E-state index in [0.717, 1.165) is 0 Å². The maximum Gasteiger partial charge on any atom is 0.0198 e.